The van der Waals surface area contributed by atoms with Crippen LogP contribution in [0.4, 0.5) is 0 Å². The molecular weight excluding hydrogens is 683 g/mol. The third kappa shape index (κ3) is 6.77. The number of hydrogen-bond acceptors (Lipinski definition) is 10. The number of aromatic nitrogens is 9. The Morgan fingerprint density at radius 3 is 1.85 bits per heavy atom. The van der Waals surface area contributed by atoms with E-state index in [4.69, 9.17) is 13.8 Å². The van der Waals surface area contributed by atoms with Crippen molar-refractivity contribution < 1.29 is 13.8 Å². The highest BCUT2D eigenvalue weighted by Gasteiger charge is 2.19. The van der Waals surface area contributed by atoms with E-state index < -0.39 is 0 Å². The molecule has 0 aliphatic rings. The molecule has 9 aromatic rings. The van der Waals surface area contributed by atoms with Crippen molar-refractivity contribution in [3.8, 4) is 34.0 Å². The average Bonchev–Trinajstić information content (AvgIpc) is 3.91. The second kappa shape index (κ2) is 14.5. The maximum atomic E-state index is 12.3. The lowest BCUT2D eigenvalue weighted by molar-refractivity contribution is 0.393. The Kier molecular flexibility index (Phi) is 9.10. The standard InChI is InChI=1S/C23H19N5O2.C18H16N4O2/c1-15-21(16(2)30-27-15)18-11-20-22(25-12-18)26-23(29-19-9-6-10-24-13-19)28(20)14-17-7-4-3-5-8-17;1-11-16(12(2)24-21-11)14-8-15-17(19-9-14)20-18(23)22(15)10-13-6-4-3-5-7-13/h3-13H,14H2,1-2H3;3-9H,10H2,1-2H3,(H,19,20,23). The first-order valence-corrected chi connectivity index (χ1v) is 17.3. The van der Waals surface area contributed by atoms with Gasteiger partial charge < -0.3 is 13.8 Å². The minimum atomic E-state index is -0.169. The molecule has 13 heteroatoms. The molecular formula is C41H35N9O4. The van der Waals surface area contributed by atoms with Gasteiger partial charge in [-0.3, -0.25) is 19.1 Å². The van der Waals surface area contributed by atoms with Crippen molar-refractivity contribution in [2.24, 2.45) is 0 Å². The van der Waals surface area contributed by atoms with Crippen molar-refractivity contribution in [2.75, 3.05) is 0 Å². The van der Waals surface area contributed by atoms with E-state index in [0.29, 0.717) is 36.1 Å². The van der Waals surface area contributed by atoms with E-state index in [0.717, 1.165) is 67.3 Å². The molecule has 0 bridgehead atoms. The van der Waals surface area contributed by atoms with Crippen LogP contribution in [0.15, 0.2) is 124 Å². The van der Waals surface area contributed by atoms with Crippen LogP contribution >= 0.6 is 0 Å². The number of imidazole rings is 2. The van der Waals surface area contributed by atoms with Crippen LogP contribution in [-0.2, 0) is 13.1 Å². The zero-order chi connectivity index (χ0) is 37.2. The molecule has 2 aromatic carbocycles. The van der Waals surface area contributed by atoms with Crippen molar-refractivity contribution in [2.45, 2.75) is 40.8 Å². The van der Waals surface area contributed by atoms with Gasteiger partial charge in [0.2, 0.25) is 0 Å². The predicted molar refractivity (Wildman–Crippen MR) is 203 cm³/mol. The SMILES string of the molecule is Cc1noc(C)c1-c1cnc2[nH]c(=O)n(Cc3ccccc3)c2c1.Cc1noc(C)c1-c1cnc2nc(Oc3cccnc3)n(Cc3ccccc3)c2c1. The smallest absolute Gasteiger partial charge is 0.327 e. The fourth-order valence-electron chi connectivity index (χ4n) is 6.51. The van der Waals surface area contributed by atoms with Gasteiger partial charge in [-0.05, 0) is 63.1 Å². The second-order valence-corrected chi connectivity index (χ2v) is 12.8. The van der Waals surface area contributed by atoms with Gasteiger partial charge in [0.15, 0.2) is 11.3 Å². The molecule has 0 radical (unpaired) electrons. The molecule has 0 amide bonds. The number of pyridine rings is 3. The number of nitrogens with zero attached hydrogens (tertiary/aromatic N) is 8. The van der Waals surface area contributed by atoms with Crippen LogP contribution in [0.5, 0.6) is 11.8 Å². The van der Waals surface area contributed by atoms with Gasteiger partial charge in [-0.25, -0.2) is 14.8 Å². The van der Waals surface area contributed by atoms with Gasteiger partial charge in [0.25, 0.3) is 0 Å². The number of aromatic amines is 1. The summed E-state index contributed by atoms with van der Waals surface area (Å²) in [5.41, 5.74) is 10.2. The van der Waals surface area contributed by atoms with Crippen LogP contribution in [0.25, 0.3) is 44.6 Å². The van der Waals surface area contributed by atoms with Gasteiger partial charge in [0, 0.05) is 40.8 Å². The lowest BCUT2D eigenvalue weighted by Gasteiger charge is -2.10. The zero-order valence-electron chi connectivity index (χ0n) is 30.0. The summed E-state index contributed by atoms with van der Waals surface area (Å²) in [6.07, 6.45) is 6.90. The number of nitrogens with one attached hydrogen (secondary N) is 1. The topological polar surface area (TPSA) is 156 Å². The largest absolute Gasteiger partial charge is 0.424 e. The summed E-state index contributed by atoms with van der Waals surface area (Å²) in [7, 11) is 0. The first-order chi connectivity index (χ1) is 26.3. The number of H-pyrrole nitrogens is 1. The van der Waals surface area contributed by atoms with E-state index in [-0.39, 0.29) is 5.69 Å². The molecule has 1 N–H and O–H groups in total. The van der Waals surface area contributed by atoms with Gasteiger partial charge >= 0.3 is 11.7 Å². The lowest BCUT2D eigenvalue weighted by Crippen LogP contribution is -2.17. The summed E-state index contributed by atoms with van der Waals surface area (Å²) in [6.45, 7) is 8.68. The fourth-order valence-corrected chi connectivity index (χ4v) is 6.51. The molecule has 54 heavy (non-hydrogen) atoms. The van der Waals surface area contributed by atoms with E-state index in [1.807, 2.05) is 99.0 Å². The Labute approximate surface area is 308 Å². The van der Waals surface area contributed by atoms with E-state index in [2.05, 4.69) is 53.4 Å². The molecule has 0 fully saturated rings. The Hall–Kier alpha value is -7.15. The number of aryl methyl sites for hydroxylation is 4. The molecule has 0 saturated carbocycles. The third-order valence-corrected chi connectivity index (χ3v) is 9.05. The summed E-state index contributed by atoms with van der Waals surface area (Å²) in [5, 5.41) is 8.06. The van der Waals surface area contributed by atoms with Gasteiger partial charge in [-0.2, -0.15) is 4.98 Å². The van der Waals surface area contributed by atoms with Crippen molar-refractivity contribution in [1.29, 1.82) is 0 Å². The number of hydrogen-bond donors (Lipinski definition) is 1. The summed E-state index contributed by atoms with van der Waals surface area (Å²) >= 11 is 0. The second-order valence-electron chi connectivity index (χ2n) is 12.8. The van der Waals surface area contributed by atoms with Crippen molar-refractivity contribution in [3.05, 3.63) is 154 Å². The summed E-state index contributed by atoms with van der Waals surface area (Å²) in [6, 6.07) is 28.2. The van der Waals surface area contributed by atoms with Crippen LogP contribution < -0.4 is 10.4 Å². The van der Waals surface area contributed by atoms with Crippen molar-refractivity contribution in [3.63, 3.8) is 0 Å². The lowest BCUT2D eigenvalue weighted by atomic mass is 10.1. The highest BCUT2D eigenvalue weighted by molar-refractivity contribution is 5.81. The van der Waals surface area contributed by atoms with E-state index in [1.165, 1.54) is 0 Å². The molecule has 0 aliphatic carbocycles. The van der Waals surface area contributed by atoms with Gasteiger partial charge in [-0.15, -0.1) is 0 Å². The van der Waals surface area contributed by atoms with Crippen LogP contribution in [0.3, 0.4) is 0 Å². The summed E-state index contributed by atoms with van der Waals surface area (Å²) < 4.78 is 20.4. The quantitative estimate of drug-likeness (QED) is 0.164. The Balaban J connectivity index is 0.000000157. The zero-order valence-corrected chi connectivity index (χ0v) is 30.0. The Morgan fingerprint density at radius 1 is 0.685 bits per heavy atom. The first kappa shape index (κ1) is 34.0. The third-order valence-electron chi connectivity index (χ3n) is 9.05. The number of benzene rings is 2. The first-order valence-electron chi connectivity index (χ1n) is 17.3. The maximum absolute atomic E-state index is 12.3. The Bertz CT molecular complexity index is 2730. The van der Waals surface area contributed by atoms with Crippen molar-refractivity contribution >= 4 is 22.3 Å². The molecule has 0 spiro atoms. The van der Waals surface area contributed by atoms with E-state index in [1.54, 1.807) is 29.4 Å². The molecule has 0 saturated heterocycles. The maximum Gasteiger partial charge on any atom is 0.327 e. The number of ether oxygens (including phenoxy) is 1. The molecule has 9 rings (SSSR count). The van der Waals surface area contributed by atoms with Gasteiger partial charge in [-0.1, -0.05) is 71.0 Å². The number of rotatable bonds is 8. The molecule has 0 unspecified atom stereocenters. The van der Waals surface area contributed by atoms with Crippen LogP contribution in [0.1, 0.15) is 34.0 Å². The number of fused-ring (bicyclic) bond motifs is 2. The van der Waals surface area contributed by atoms with Crippen LogP contribution in [0, 0.1) is 27.7 Å². The molecule has 7 heterocycles. The summed E-state index contributed by atoms with van der Waals surface area (Å²) in [4.78, 5) is 32.9. The highest BCUT2D eigenvalue weighted by Crippen LogP contribution is 2.32. The Morgan fingerprint density at radius 2 is 1.28 bits per heavy atom. The van der Waals surface area contributed by atoms with Crippen LogP contribution in [-0.4, -0.2) is 44.4 Å². The minimum Gasteiger partial charge on any atom is -0.424 e. The molecule has 7 aromatic heterocycles. The predicted octanol–water partition coefficient (Wildman–Crippen LogP) is 7.98. The summed E-state index contributed by atoms with van der Waals surface area (Å²) in [5.74, 6) is 2.11. The molecule has 13 nitrogen and oxygen atoms in total. The minimum absolute atomic E-state index is 0.169. The van der Waals surface area contributed by atoms with Gasteiger partial charge in [0.05, 0.1) is 41.7 Å². The van der Waals surface area contributed by atoms with E-state index >= 15 is 0 Å². The normalized spacial score (nSPS) is 11.2. The highest BCUT2D eigenvalue weighted by atomic mass is 16.5. The van der Waals surface area contributed by atoms with Gasteiger partial charge in [0.1, 0.15) is 17.3 Å². The monoisotopic (exact) mass is 717 g/mol. The van der Waals surface area contributed by atoms with Crippen LogP contribution in [0.2, 0.25) is 0 Å². The molecule has 0 atom stereocenters. The molecule has 268 valence electrons. The fraction of sp³-hybridized carbons (Fsp3) is 0.146. The van der Waals surface area contributed by atoms with Crippen molar-refractivity contribution in [1.82, 2.24) is 44.4 Å². The molecule has 0 aliphatic heterocycles. The average molecular weight is 718 g/mol. The van der Waals surface area contributed by atoms with E-state index in [9.17, 15) is 4.79 Å².